The molecule has 0 spiro atoms. The second-order valence-corrected chi connectivity index (χ2v) is 8.64. The molecule has 4 aromatic rings. The molecule has 3 heterocycles. The van der Waals surface area contributed by atoms with Crippen LogP contribution in [-0.4, -0.2) is 34.1 Å². The van der Waals surface area contributed by atoms with Gasteiger partial charge in [-0.1, -0.05) is 6.07 Å². The first-order chi connectivity index (χ1) is 17.2. The number of hydrogen-bond donors (Lipinski definition) is 1. The third kappa shape index (κ3) is 4.07. The minimum atomic E-state index is -3.00. The molecule has 2 aromatic heterocycles. The van der Waals surface area contributed by atoms with Gasteiger partial charge in [0.05, 0.1) is 47.9 Å². The molecule has 1 aliphatic heterocycles. The summed E-state index contributed by atoms with van der Waals surface area (Å²) in [4.78, 5) is 22.8. The predicted octanol–water partition coefficient (Wildman–Crippen LogP) is 4.45. The lowest BCUT2D eigenvalue weighted by molar-refractivity contribution is 0.0207. The molecule has 1 aliphatic rings. The fourth-order valence-corrected chi connectivity index (χ4v) is 4.39. The largest absolute Gasteiger partial charge is 0.494 e. The van der Waals surface area contributed by atoms with Gasteiger partial charge in [0.1, 0.15) is 5.82 Å². The van der Waals surface area contributed by atoms with Crippen molar-refractivity contribution in [2.75, 3.05) is 13.7 Å². The van der Waals surface area contributed by atoms with E-state index in [-0.39, 0.29) is 33.7 Å². The standard InChI is InChI=1S/C26H20F3N5O2/c1-14-3-4-16(12-31-14)18-7-15(11-30)8-19-23(18)33-24(21-10-26(28,29)13-32-21)34(25(19)35)17-5-6-22(36-2)20(27)9-17/h3-9,12,21,32H,10,13H2,1-2H3/t21-/m1/s1. The molecule has 0 aliphatic carbocycles. The van der Waals surface area contributed by atoms with Gasteiger partial charge >= 0.3 is 0 Å². The summed E-state index contributed by atoms with van der Waals surface area (Å²) in [6.45, 7) is 1.24. The molecule has 0 saturated carbocycles. The molecule has 10 heteroatoms. The Balaban J connectivity index is 1.85. The summed E-state index contributed by atoms with van der Waals surface area (Å²) in [6, 6.07) is 11.5. The molecule has 0 amide bonds. The Morgan fingerprint density at radius 2 is 2.03 bits per heavy atom. The summed E-state index contributed by atoms with van der Waals surface area (Å²) in [7, 11) is 1.31. The normalized spacial score (nSPS) is 16.7. The number of ether oxygens (including phenoxy) is 1. The minimum Gasteiger partial charge on any atom is -0.494 e. The summed E-state index contributed by atoms with van der Waals surface area (Å²) in [5.74, 6) is -3.74. The average molecular weight is 491 g/mol. The molecule has 1 N–H and O–H groups in total. The van der Waals surface area contributed by atoms with Crippen LogP contribution in [-0.2, 0) is 0 Å². The summed E-state index contributed by atoms with van der Waals surface area (Å²) >= 11 is 0. The third-order valence-corrected chi connectivity index (χ3v) is 6.17. The lowest BCUT2D eigenvalue weighted by atomic mass is 10.00. The molecule has 0 unspecified atom stereocenters. The molecule has 1 saturated heterocycles. The maximum atomic E-state index is 14.6. The highest BCUT2D eigenvalue weighted by Crippen LogP contribution is 2.36. The summed E-state index contributed by atoms with van der Waals surface area (Å²) in [5, 5.41) is 12.4. The molecule has 5 rings (SSSR count). The summed E-state index contributed by atoms with van der Waals surface area (Å²) in [5.41, 5.74) is 1.78. The van der Waals surface area contributed by atoms with Crippen molar-refractivity contribution in [2.24, 2.45) is 0 Å². The number of methoxy groups -OCH3 is 1. The number of pyridine rings is 1. The monoisotopic (exact) mass is 491 g/mol. The van der Waals surface area contributed by atoms with E-state index in [2.05, 4.69) is 15.3 Å². The molecule has 0 bridgehead atoms. The Bertz CT molecular complexity index is 1590. The van der Waals surface area contributed by atoms with Gasteiger partial charge in [0.15, 0.2) is 11.6 Å². The maximum absolute atomic E-state index is 14.6. The zero-order chi connectivity index (χ0) is 25.6. The first kappa shape index (κ1) is 23.5. The lowest BCUT2D eigenvalue weighted by Gasteiger charge is -2.20. The van der Waals surface area contributed by atoms with Gasteiger partial charge in [-0.2, -0.15) is 5.26 Å². The number of halogens is 3. The highest BCUT2D eigenvalue weighted by Gasteiger charge is 2.42. The number of fused-ring (bicyclic) bond motifs is 1. The van der Waals surface area contributed by atoms with Crippen LogP contribution in [0.25, 0.3) is 27.7 Å². The van der Waals surface area contributed by atoms with Gasteiger partial charge in [-0.05, 0) is 37.3 Å². The van der Waals surface area contributed by atoms with Crippen LogP contribution in [0, 0.1) is 24.1 Å². The van der Waals surface area contributed by atoms with Gasteiger partial charge in [-0.3, -0.25) is 14.3 Å². The topological polar surface area (TPSA) is 92.8 Å². The molecule has 0 radical (unpaired) electrons. The number of aromatic nitrogens is 3. The second-order valence-electron chi connectivity index (χ2n) is 8.64. The fraction of sp³-hybridized carbons (Fsp3) is 0.231. The number of nitriles is 1. The number of hydrogen-bond acceptors (Lipinski definition) is 6. The Morgan fingerprint density at radius 1 is 1.22 bits per heavy atom. The maximum Gasteiger partial charge on any atom is 0.266 e. The van der Waals surface area contributed by atoms with E-state index in [0.717, 1.165) is 16.3 Å². The van der Waals surface area contributed by atoms with Crippen molar-refractivity contribution in [1.29, 1.82) is 5.26 Å². The molecule has 1 fully saturated rings. The van der Waals surface area contributed by atoms with E-state index in [0.29, 0.717) is 11.1 Å². The van der Waals surface area contributed by atoms with Gasteiger partial charge in [0, 0.05) is 35.5 Å². The van der Waals surface area contributed by atoms with Crippen molar-refractivity contribution in [3.63, 3.8) is 0 Å². The van der Waals surface area contributed by atoms with E-state index in [4.69, 9.17) is 4.74 Å². The van der Waals surface area contributed by atoms with Crippen LogP contribution in [0.3, 0.4) is 0 Å². The van der Waals surface area contributed by atoms with Crippen LogP contribution in [0.5, 0.6) is 5.75 Å². The van der Waals surface area contributed by atoms with E-state index >= 15 is 0 Å². The van der Waals surface area contributed by atoms with Gasteiger partial charge in [-0.15, -0.1) is 0 Å². The van der Waals surface area contributed by atoms with Crippen LogP contribution in [0.2, 0.25) is 0 Å². The van der Waals surface area contributed by atoms with Gasteiger partial charge in [-0.25, -0.2) is 18.2 Å². The van der Waals surface area contributed by atoms with E-state index in [1.165, 1.54) is 25.3 Å². The number of nitrogens with zero attached hydrogens (tertiary/aromatic N) is 4. The Labute approximate surface area is 203 Å². The zero-order valence-corrected chi connectivity index (χ0v) is 19.3. The third-order valence-electron chi connectivity index (χ3n) is 6.17. The van der Waals surface area contributed by atoms with Crippen molar-refractivity contribution in [3.05, 3.63) is 81.9 Å². The van der Waals surface area contributed by atoms with Crippen molar-refractivity contribution in [3.8, 4) is 28.6 Å². The first-order valence-corrected chi connectivity index (χ1v) is 11.1. The quantitative estimate of drug-likeness (QED) is 0.454. The number of aryl methyl sites for hydroxylation is 1. The fourth-order valence-electron chi connectivity index (χ4n) is 4.39. The molecular formula is C26H20F3N5O2. The first-order valence-electron chi connectivity index (χ1n) is 11.1. The number of rotatable bonds is 4. The smallest absolute Gasteiger partial charge is 0.266 e. The highest BCUT2D eigenvalue weighted by molar-refractivity contribution is 5.94. The second kappa shape index (κ2) is 8.77. The van der Waals surface area contributed by atoms with Crippen molar-refractivity contribution >= 4 is 10.9 Å². The molecule has 1 atom stereocenters. The Hall–Kier alpha value is -4.23. The summed E-state index contributed by atoms with van der Waals surface area (Å²) < 4.78 is 49.0. The van der Waals surface area contributed by atoms with E-state index in [1.807, 2.05) is 13.0 Å². The Morgan fingerprint density at radius 3 is 2.64 bits per heavy atom. The minimum absolute atomic E-state index is 0.0141. The van der Waals surface area contributed by atoms with Crippen LogP contribution in [0.15, 0.2) is 53.5 Å². The van der Waals surface area contributed by atoms with Crippen molar-refractivity contribution in [1.82, 2.24) is 19.9 Å². The van der Waals surface area contributed by atoms with Crippen LogP contribution < -0.4 is 15.6 Å². The van der Waals surface area contributed by atoms with E-state index in [9.17, 15) is 23.2 Å². The molecule has 36 heavy (non-hydrogen) atoms. The van der Waals surface area contributed by atoms with Gasteiger partial charge < -0.3 is 10.1 Å². The van der Waals surface area contributed by atoms with Crippen LogP contribution in [0.4, 0.5) is 13.2 Å². The Kier molecular flexibility index (Phi) is 5.73. The highest BCUT2D eigenvalue weighted by atomic mass is 19.3. The summed E-state index contributed by atoms with van der Waals surface area (Å²) in [6.07, 6.45) is 1.01. The molecular weight excluding hydrogens is 471 g/mol. The van der Waals surface area contributed by atoms with Gasteiger partial charge in [0.2, 0.25) is 0 Å². The zero-order valence-electron chi connectivity index (χ0n) is 19.3. The van der Waals surface area contributed by atoms with Gasteiger partial charge in [0.25, 0.3) is 11.5 Å². The van der Waals surface area contributed by atoms with Crippen LogP contribution in [0.1, 0.15) is 29.5 Å². The number of alkyl halides is 2. The predicted molar refractivity (Wildman–Crippen MR) is 127 cm³/mol. The average Bonchev–Trinajstić information content (AvgIpc) is 3.23. The SMILES string of the molecule is COc1ccc(-n2c([C@H]3CC(F)(F)CN3)nc3c(-c4ccc(C)nc4)cc(C#N)cc3c2=O)cc1F. The van der Waals surface area contributed by atoms with Crippen molar-refractivity contribution < 1.29 is 17.9 Å². The van der Waals surface area contributed by atoms with Crippen LogP contribution >= 0.6 is 0 Å². The molecule has 182 valence electrons. The van der Waals surface area contributed by atoms with E-state index < -0.39 is 36.3 Å². The van der Waals surface area contributed by atoms with Crippen molar-refractivity contribution in [2.45, 2.75) is 25.3 Å². The number of nitrogens with one attached hydrogen (secondary N) is 1. The lowest BCUT2D eigenvalue weighted by Crippen LogP contribution is -2.29. The molecule has 2 aromatic carbocycles. The molecule has 7 nitrogen and oxygen atoms in total. The number of benzene rings is 2. The van der Waals surface area contributed by atoms with E-state index in [1.54, 1.807) is 24.4 Å².